The molecule has 1 rings (SSSR count). The van der Waals surface area contributed by atoms with Gasteiger partial charge in [0.15, 0.2) is 0 Å². The van der Waals surface area contributed by atoms with Gasteiger partial charge < -0.3 is 4.90 Å². The van der Waals surface area contributed by atoms with Crippen LogP contribution in [0.1, 0.15) is 0 Å². The van der Waals surface area contributed by atoms with Gasteiger partial charge in [-0.2, -0.15) is 0 Å². The Morgan fingerprint density at radius 2 is 1.78 bits per heavy atom. The Morgan fingerprint density at radius 1 is 1.22 bits per heavy atom. The summed E-state index contributed by atoms with van der Waals surface area (Å²) >= 11 is 2.42. The molecular weight excluding hydrogens is 227 g/mol. The maximum absolute atomic E-state index is 2.47. The normalized spacial score (nSPS) is 24.7. The lowest BCUT2D eigenvalue weighted by atomic mass is 10.4. The molecule has 54 valence electrons. The highest BCUT2D eigenvalue weighted by molar-refractivity contribution is 14.1. The van der Waals surface area contributed by atoms with Crippen molar-refractivity contribution in [3.8, 4) is 0 Å². The standard InChI is InChI=1S/C6H13IN2/c1-8-2-4-9(6-7)5-3-8/h2-6H2,1H3. The van der Waals surface area contributed by atoms with E-state index in [9.17, 15) is 0 Å². The van der Waals surface area contributed by atoms with Gasteiger partial charge in [-0.05, 0) is 7.05 Å². The highest BCUT2D eigenvalue weighted by Crippen LogP contribution is 2.00. The molecule has 9 heavy (non-hydrogen) atoms. The number of hydrogen-bond acceptors (Lipinski definition) is 2. The third kappa shape index (κ3) is 2.39. The molecule has 0 amide bonds. The van der Waals surface area contributed by atoms with Crippen molar-refractivity contribution in [1.82, 2.24) is 9.80 Å². The number of hydrogen-bond donors (Lipinski definition) is 0. The smallest absolute Gasteiger partial charge is 0.0506 e. The molecule has 1 heterocycles. The second-order valence-corrected chi connectivity index (χ2v) is 3.22. The van der Waals surface area contributed by atoms with Gasteiger partial charge in [0.05, 0.1) is 4.55 Å². The molecule has 0 atom stereocenters. The SMILES string of the molecule is CN1CCN(CI)CC1. The second-order valence-electron chi connectivity index (χ2n) is 2.54. The monoisotopic (exact) mass is 240 g/mol. The summed E-state index contributed by atoms with van der Waals surface area (Å²) in [6, 6.07) is 0. The molecule has 0 aromatic carbocycles. The van der Waals surface area contributed by atoms with Gasteiger partial charge in [-0.3, -0.25) is 4.90 Å². The fourth-order valence-electron chi connectivity index (χ4n) is 0.967. The van der Waals surface area contributed by atoms with E-state index in [1.54, 1.807) is 0 Å². The Labute approximate surface area is 70.3 Å². The minimum absolute atomic E-state index is 1.19. The summed E-state index contributed by atoms with van der Waals surface area (Å²) in [6.07, 6.45) is 0. The van der Waals surface area contributed by atoms with Gasteiger partial charge >= 0.3 is 0 Å². The highest BCUT2D eigenvalue weighted by Gasteiger charge is 2.10. The molecule has 0 radical (unpaired) electrons. The van der Waals surface area contributed by atoms with E-state index in [0.29, 0.717) is 0 Å². The van der Waals surface area contributed by atoms with Gasteiger partial charge in [0, 0.05) is 26.2 Å². The van der Waals surface area contributed by atoms with Crippen LogP contribution in [0.3, 0.4) is 0 Å². The largest absolute Gasteiger partial charge is 0.304 e. The lowest BCUT2D eigenvalue weighted by Gasteiger charge is -2.30. The lowest BCUT2D eigenvalue weighted by molar-refractivity contribution is 0.178. The maximum Gasteiger partial charge on any atom is 0.0506 e. The Morgan fingerprint density at radius 3 is 2.22 bits per heavy atom. The van der Waals surface area contributed by atoms with Gasteiger partial charge in [-0.25, -0.2) is 0 Å². The molecule has 1 aliphatic heterocycles. The van der Waals surface area contributed by atoms with Crippen LogP contribution in [0.4, 0.5) is 0 Å². The third-order valence-corrected chi connectivity index (χ3v) is 2.73. The molecule has 1 fully saturated rings. The van der Waals surface area contributed by atoms with Crippen LogP contribution in [0.2, 0.25) is 0 Å². The molecule has 0 bridgehead atoms. The molecule has 0 N–H and O–H groups in total. The Hall–Kier alpha value is 0.650. The van der Waals surface area contributed by atoms with E-state index in [-0.39, 0.29) is 0 Å². The van der Waals surface area contributed by atoms with Crippen LogP contribution < -0.4 is 0 Å². The summed E-state index contributed by atoms with van der Waals surface area (Å²) in [5.41, 5.74) is 0. The Bertz CT molecular complexity index is 79.1. The minimum Gasteiger partial charge on any atom is -0.304 e. The quantitative estimate of drug-likeness (QED) is 0.377. The lowest BCUT2D eigenvalue weighted by Crippen LogP contribution is -2.43. The molecule has 0 aromatic rings. The van der Waals surface area contributed by atoms with Crippen molar-refractivity contribution in [3.63, 3.8) is 0 Å². The zero-order valence-corrected chi connectivity index (χ0v) is 7.97. The van der Waals surface area contributed by atoms with Gasteiger partial charge in [0.25, 0.3) is 0 Å². The minimum atomic E-state index is 1.19. The molecule has 3 heteroatoms. The Balaban J connectivity index is 2.18. The predicted octanol–water partition coefficient (Wildman–Crippen LogP) is 0.626. The van der Waals surface area contributed by atoms with Crippen molar-refractivity contribution < 1.29 is 0 Å². The first-order chi connectivity index (χ1) is 4.33. The first kappa shape index (κ1) is 7.75. The van der Waals surface area contributed by atoms with Crippen molar-refractivity contribution in [2.24, 2.45) is 0 Å². The van der Waals surface area contributed by atoms with E-state index in [1.165, 1.54) is 30.7 Å². The van der Waals surface area contributed by atoms with Gasteiger partial charge in [-0.1, -0.05) is 22.6 Å². The summed E-state index contributed by atoms with van der Waals surface area (Å²) in [5.74, 6) is 0. The molecule has 0 spiro atoms. The van der Waals surface area contributed by atoms with Crippen LogP contribution >= 0.6 is 22.6 Å². The third-order valence-electron chi connectivity index (χ3n) is 1.76. The maximum atomic E-state index is 2.47. The van der Waals surface area contributed by atoms with E-state index >= 15 is 0 Å². The number of piperazine rings is 1. The van der Waals surface area contributed by atoms with E-state index in [2.05, 4.69) is 39.4 Å². The summed E-state index contributed by atoms with van der Waals surface area (Å²) in [7, 11) is 2.19. The van der Waals surface area contributed by atoms with Gasteiger partial charge in [-0.15, -0.1) is 0 Å². The van der Waals surface area contributed by atoms with Crippen LogP contribution in [0.15, 0.2) is 0 Å². The number of likely N-dealkylation sites (N-methyl/N-ethyl adjacent to an activating group) is 1. The topological polar surface area (TPSA) is 6.48 Å². The first-order valence-corrected chi connectivity index (χ1v) is 4.82. The van der Waals surface area contributed by atoms with Crippen LogP contribution in [0.25, 0.3) is 0 Å². The molecule has 2 nitrogen and oxygen atoms in total. The predicted molar refractivity (Wildman–Crippen MR) is 48.0 cm³/mol. The summed E-state index contributed by atoms with van der Waals surface area (Å²) < 4.78 is 1.19. The van der Waals surface area contributed by atoms with E-state index in [0.717, 1.165) is 0 Å². The zero-order valence-electron chi connectivity index (χ0n) is 5.81. The molecule has 0 aliphatic carbocycles. The average Bonchev–Trinajstić information content (AvgIpc) is 1.90. The molecule has 0 saturated carbocycles. The van der Waals surface area contributed by atoms with Gasteiger partial charge in [0.1, 0.15) is 0 Å². The first-order valence-electron chi connectivity index (χ1n) is 3.30. The highest BCUT2D eigenvalue weighted by atomic mass is 127. The van der Waals surface area contributed by atoms with Crippen molar-refractivity contribution >= 4 is 22.6 Å². The summed E-state index contributed by atoms with van der Waals surface area (Å²) in [5, 5.41) is 0. The van der Waals surface area contributed by atoms with Crippen LogP contribution in [-0.4, -0.2) is 47.6 Å². The molecule has 1 aliphatic rings. The number of halogens is 1. The Kier molecular flexibility index (Phi) is 3.21. The van der Waals surface area contributed by atoms with Crippen LogP contribution in [0, 0.1) is 0 Å². The van der Waals surface area contributed by atoms with E-state index < -0.39 is 0 Å². The summed E-state index contributed by atoms with van der Waals surface area (Å²) in [6.45, 7) is 4.98. The van der Waals surface area contributed by atoms with E-state index in [1.807, 2.05) is 0 Å². The number of nitrogens with zero attached hydrogens (tertiary/aromatic N) is 2. The molecule has 0 unspecified atom stereocenters. The fraction of sp³-hybridized carbons (Fsp3) is 1.00. The van der Waals surface area contributed by atoms with Crippen LogP contribution in [-0.2, 0) is 0 Å². The molecule has 0 aromatic heterocycles. The zero-order chi connectivity index (χ0) is 6.69. The van der Waals surface area contributed by atoms with Gasteiger partial charge in [0.2, 0.25) is 0 Å². The van der Waals surface area contributed by atoms with Crippen molar-refractivity contribution in [1.29, 1.82) is 0 Å². The van der Waals surface area contributed by atoms with Crippen LogP contribution in [0.5, 0.6) is 0 Å². The van der Waals surface area contributed by atoms with Crippen molar-refractivity contribution in [2.75, 3.05) is 37.8 Å². The average molecular weight is 240 g/mol. The van der Waals surface area contributed by atoms with Crippen molar-refractivity contribution in [2.45, 2.75) is 0 Å². The number of rotatable bonds is 1. The van der Waals surface area contributed by atoms with E-state index in [4.69, 9.17) is 0 Å². The van der Waals surface area contributed by atoms with Crippen molar-refractivity contribution in [3.05, 3.63) is 0 Å². The number of alkyl halides is 1. The summed E-state index contributed by atoms with van der Waals surface area (Å²) in [4.78, 5) is 4.85. The fourth-order valence-corrected chi connectivity index (χ4v) is 1.65. The molecular formula is C6H13IN2. The second kappa shape index (κ2) is 3.73. The molecule has 1 saturated heterocycles.